The molecule has 0 atom stereocenters. The first-order valence-corrected chi connectivity index (χ1v) is 6.24. The standard InChI is InChI=1S/C14H23N3O/c1-5-17(10-14(3,4)13(18)16-15)12-9-7-6-8-11(12)2/h6-9H,5,10,15H2,1-4H3,(H,16,18). The smallest absolute Gasteiger partial charge is 0.241 e. The van der Waals surface area contributed by atoms with Gasteiger partial charge >= 0.3 is 0 Å². The van der Waals surface area contributed by atoms with Gasteiger partial charge in [-0.3, -0.25) is 10.2 Å². The van der Waals surface area contributed by atoms with Crippen LogP contribution in [0, 0.1) is 12.3 Å². The zero-order valence-corrected chi connectivity index (χ0v) is 11.7. The zero-order valence-electron chi connectivity index (χ0n) is 11.7. The van der Waals surface area contributed by atoms with Crippen LogP contribution in [0.5, 0.6) is 0 Å². The van der Waals surface area contributed by atoms with Crippen LogP contribution >= 0.6 is 0 Å². The second-order valence-corrected chi connectivity index (χ2v) is 5.16. The molecule has 100 valence electrons. The van der Waals surface area contributed by atoms with Crippen LogP contribution in [0.1, 0.15) is 26.3 Å². The van der Waals surface area contributed by atoms with Gasteiger partial charge in [0.05, 0.1) is 5.41 Å². The Morgan fingerprint density at radius 3 is 2.50 bits per heavy atom. The van der Waals surface area contributed by atoms with E-state index in [0.717, 1.165) is 12.2 Å². The molecular formula is C14H23N3O. The number of hydrogen-bond donors (Lipinski definition) is 2. The quantitative estimate of drug-likeness (QED) is 0.475. The number of benzene rings is 1. The van der Waals surface area contributed by atoms with Crippen molar-refractivity contribution in [3.8, 4) is 0 Å². The molecule has 0 aromatic heterocycles. The summed E-state index contributed by atoms with van der Waals surface area (Å²) in [7, 11) is 0. The fourth-order valence-electron chi connectivity index (χ4n) is 2.03. The van der Waals surface area contributed by atoms with Crippen LogP contribution in [0.25, 0.3) is 0 Å². The zero-order chi connectivity index (χ0) is 13.8. The fourth-order valence-corrected chi connectivity index (χ4v) is 2.03. The molecule has 1 aromatic rings. The third-order valence-electron chi connectivity index (χ3n) is 3.17. The average Bonchev–Trinajstić information content (AvgIpc) is 2.35. The summed E-state index contributed by atoms with van der Waals surface area (Å²) in [5.41, 5.74) is 4.09. The van der Waals surface area contributed by atoms with E-state index < -0.39 is 5.41 Å². The second-order valence-electron chi connectivity index (χ2n) is 5.16. The largest absolute Gasteiger partial charge is 0.371 e. The number of anilines is 1. The molecule has 0 fully saturated rings. The highest BCUT2D eigenvalue weighted by molar-refractivity contribution is 5.82. The molecule has 4 heteroatoms. The van der Waals surface area contributed by atoms with Gasteiger partial charge in [0, 0.05) is 18.8 Å². The van der Waals surface area contributed by atoms with Crippen LogP contribution in [-0.2, 0) is 4.79 Å². The van der Waals surface area contributed by atoms with Gasteiger partial charge in [0.2, 0.25) is 5.91 Å². The van der Waals surface area contributed by atoms with Crippen LogP contribution < -0.4 is 16.2 Å². The van der Waals surface area contributed by atoms with E-state index in [1.165, 1.54) is 5.56 Å². The number of nitrogens with two attached hydrogens (primary N) is 1. The van der Waals surface area contributed by atoms with Crippen LogP contribution in [0.2, 0.25) is 0 Å². The van der Waals surface area contributed by atoms with Crippen LogP contribution in [0.4, 0.5) is 5.69 Å². The normalized spacial score (nSPS) is 11.2. The molecule has 0 bridgehead atoms. The van der Waals surface area contributed by atoms with Crippen molar-refractivity contribution in [2.24, 2.45) is 11.3 Å². The molecule has 0 saturated heterocycles. The number of aryl methyl sites for hydroxylation is 1. The van der Waals surface area contributed by atoms with Crippen molar-refractivity contribution in [2.75, 3.05) is 18.0 Å². The Hall–Kier alpha value is -1.55. The topological polar surface area (TPSA) is 58.4 Å². The first-order valence-electron chi connectivity index (χ1n) is 6.24. The van der Waals surface area contributed by atoms with Gasteiger partial charge in [-0.05, 0) is 39.3 Å². The predicted molar refractivity (Wildman–Crippen MR) is 75.2 cm³/mol. The number of carbonyl (C=O) groups is 1. The number of hydrogen-bond acceptors (Lipinski definition) is 3. The van der Waals surface area contributed by atoms with E-state index in [4.69, 9.17) is 5.84 Å². The summed E-state index contributed by atoms with van der Waals surface area (Å²) < 4.78 is 0. The van der Waals surface area contributed by atoms with Crippen molar-refractivity contribution < 1.29 is 4.79 Å². The SMILES string of the molecule is CCN(CC(C)(C)C(=O)NN)c1ccccc1C. The molecule has 0 heterocycles. The number of nitrogens with one attached hydrogen (secondary N) is 1. The highest BCUT2D eigenvalue weighted by atomic mass is 16.2. The summed E-state index contributed by atoms with van der Waals surface area (Å²) in [5.74, 6) is 5.08. The molecular weight excluding hydrogens is 226 g/mol. The first kappa shape index (κ1) is 14.5. The van der Waals surface area contributed by atoms with Crippen molar-refractivity contribution in [1.82, 2.24) is 5.43 Å². The molecule has 1 aromatic carbocycles. The molecule has 0 radical (unpaired) electrons. The van der Waals surface area contributed by atoms with Crippen molar-refractivity contribution in [2.45, 2.75) is 27.7 Å². The van der Waals surface area contributed by atoms with Gasteiger partial charge in [-0.1, -0.05) is 18.2 Å². The lowest BCUT2D eigenvalue weighted by Gasteiger charge is -2.33. The fraction of sp³-hybridized carbons (Fsp3) is 0.500. The van der Waals surface area contributed by atoms with E-state index in [-0.39, 0.29) is 5.91 Å². The van der Waals surface area contributed by atoms with Gasteiger partial charge in [-0.15, -0.1) is 0 Å². The van der Waals surface area contributed by atoms with Crippen LogP contribution in [-0.4, -0.2) is 19.0 Å². The van der Waals surface area contributed by atoms with Gasteiger partial charge in [-0.25, -0.2) is 5.84 Å². The second kappa shape index (κ2) is 5.87. The highest BCUT2D eigenvalue weighted by Crippen LogP contribution is 2.24. The Morgan fingerprint density at radius 1 is 1.39 bits per heavy atom. The van der Waals surface area contributed by atoms with Crippen molar-refractivity contribution >= 4 is 11.6 Å². The van der Waals surface area contributed by atoms with Gasteiger partial charge in [0.25, 0.3) is 0 Å². The molecule has 0 spiro atoms. The van der Waals surface area contributed by atoms with E-state index >= 15 is 0 Å². The Labute approximate surface area is 109 Å². The van der Waals surface area contributed by atoms with E-state index in [1.807, 2.05) is 26.0 Å². The van der Waals surface area contributed by atoms with E-state index in [1.54, 1.807) is 0 Å². The van der Waals surface area contributed by atoms with Crippen molar-refractivity contribution in [3.63, 3.8) is 0 Å². The minimum absolute atomic E-state index is 0.144. The van der Waals surface area contributed by atoms with Crippen LogP contribution in [0.3, 0.4) is 0 Å². The summed E-state index contributed by atoms with van der Waals surface area (Å²) in [6, 6.07) is 8.19. The predicted octanol–water partition coefficient (Wildman–Crippen LogP) is 1.84. The Bertz CT molecular complexity index is 415. The molecule has 4 nitrogen and oxygen atoms in total. The van der Waals surface area contributed by atoms with Gasteiger partial charge < -0.3 is 4.90 Å². The molecule has 0 aliphatic rings. The lowest BCUT2D eigenvalue weighted by atomic mass is 9.91. The number of hydrazine groups is 1. The van der Waals surface area contributed by atoms with Gasteiger partial charge in [0.15, 0.2) is 0 Å². The lowest BCUT2D eigenvalue weighted by Crippen LogP contribution is -2.47. The van der Waals surface area contributed by atoms with Crippen LogP contribution in [0.15, 0.2) is 24.3 Å². The molecule has 0 aliphatic heterocycles. The number of rotatable bonds is 5. The minimum atomic E-state index is -0.521. The Morgan fingerprint density at radius 2 is 2.00 bits per heavy atom. The molecule has 18 heavy (non-hydrogen) atoms. The summed E-state index contributed by atoms with van der Waals surface area (Å²) >= 11 is 0. The summed E-state index contributed by atoms with van der Waals surface area (Å²) in [4.78, 5) is 13.9. The summed E-state index contributed by atoms with van der Waals surface area (Å²) in [6.07, 6.45) is 0. The van der Waals surface area contributed by atoms with Gasteiger partial charge in [0.1, 0.15) is 0 Å². The van der Waals surface area contributed by atoms with E-state index in [2.05, 4.69) is 36.3 Å². The molecule has 3 N–H and O–H groups in total. The maximum absolute atomic E-state index is 11.7. The molecule has 0 aliphatic carbocycles. The number of para-hydroxylation sites is 1. The average molecular weight is 249 g/mol. The number of carbonyl (C=O) groups excluding carboxylic acids is 1. The van der Waals surface area contributed by atoms with Crippen molar-refractivity contribution in [1.29, 1.82) is 0 Å². The molecule has 0 saturated carbocycles. The monoisotopic (exact) mass is 249 g/mol. The molecule has 1 amide bonds. The van der Waals surface area contributed by atoms with E-state index in [9.17, 15) is 4.79 Å². The molecule has 1 rings (SSSR count). The third-order valence-corrected chi connectivity index (χ3v) is 3.17. The van der Waals surface area contributed by atoms with Crippen molar-refractivity contribution in [3.05, 3.63) is 29.8 Å². The first-order chi connectivity index (χ1) is 8.42. The third kappa shape index (κ3) is 3.23. The Balaban J connectivity index is 2.93. The van der Waals surface area contributed by atoms with E-state index in [0.29, 0.717) is 6.54 Å². The summed E-state index contributed by atoms with van der Waals surface area (Å²) in [5, 5.41) is 0. The number of amides is 1. The maximum atomic E-state index is 11.7. The maximum Gasteiger partial charge on any atom is 0.241 e. The number of nitrogens with zero attached hydrogens (tertiary/aromatic N) is 1. The lowest BCUT2D eigenvalue weighted by molar-refractivity contribution is -0.128. The molecule has 0 unspecified atom stereocenters. The van der Waals surface area contributed by atoms with Gasteiger partial charge in [-0.2, -0.15) is 0 Å². The Kier molecular flexibility index (Phi) is 4.73. The minimum Gasteiger partial charge on any atom is -0.371 e. The summed E-state index contributed by atoms with van der Waals surface area (Å²) in [6.45, 7) is 9.45. The highest BCUT2D eigenvalue weighted by Gasteiger charge is 2.29.